The number of methoxy groups -OCH3 is 1. The molecule has 3 atom stereocenters. The molecule has 1 saturated heterocycles. The molecule has 6 heteroatoms. The first-order valence-corrected chi connectivity index (χ1v) is 10.3. The van der Waals surface area contributed by atoms with E-state index in [1.165, 1.54) is 7.11 Å². The van der Waals surface area contributed by atoms with Gasteiger partial charge in [0.05, 0.1) is 26.4 Å². The van der Waals surface area contributed by atoms with Crippen LogP contribution in [0.25, 0.3) is 0 Å². The number of carbonyl (C=O) groups is 1. The van der Waals surface area contributed by atoms with Gasteiger partial charge in [0, 0.05) is 24.9 Å². The second-order valence-corrected chi connectivity index (χ2v) is 9.39. The zero-order chi connectivity index (χ0) is 21.6. The summed E-state index contributed by atoms with van der Waals surface area (Å²) in [6, 6.07) is 0. The molecule has 0 amide bonds. The Morgan fingerprint density at radius 3 is 2.39 bits per heavy atom. The summed E-state index contributed by atoms with van der Waals surface area (Å²) in [7, 11) is 3.35. The third-order valence-electron chi connectivity index (χ3n) is 5.73. The summed E-state index contributed by atoms with van der Waals surface area (Å²) >= 11 is 0. The summed E-state index contributed by atoms with van der Waals surface area (Å²) in [6.07, 6.45) is 2.77. The Kier molecular flexibility index (Phi) is 9.13. The lowest BCUT2D eigenvalue weighted by atomic mass is 9.64. The minimum absolute atomic E-state index is 0.404. The first-order valence-electron chi connectivity index (χ1n) is 10.3. The average molecular weight is 400 g/mol. The summed E-state index contributed by atoms with van der Waals surface area (Å²) in [5.41, 5.74) is -1.70. The highest BCUT2D eigenvalue weighted by Gasteiger charge is 2.53. The van der Waals surface area contributed by atoms with Crippen LogP contribution in [0.1, 0.15) is 53.9 Å². The molecule has 6 nitrogen and oxygen atoms in total. The third kappa shape index (κ3) is 6.28. The number of allylic oxidation sites excluding steroid dienone is 1. The molecule has 1 rings (SSSR count). The number of aliphatic hydroxyl groups excluding tert-OH is 1. The number of aliphatic hydroxyl groups is 1. The van der Waals surface area contributed by atoms with Crippen molar-refractivity contribution in [3.8, 4) is 0 Å². The molecule has 1 aliphatic heterocycles. The first kappa shape index (κ1) is 25.1. The number of nitrogens with zero attached hydrogens (tertiary/aromatic N) is 1. The van der Waals surface area contributed by atoms with Gasteiger partial charge in [-0.15, -0.1) is 6.58 Å². The topological polar surface area (TPSA) is 68.2 Å². The van der Waals surface area contributed by atoms with E-state index >= 15 is 0 Å². The van der Waals surface area contributed by atoms with Crippen LogP contribution in [0.5, 0.6) is 0 Å². The molecule has 1 heterocycles. The van der Waals surface area contributed by atoms with Crippen molar-refractivity contribution in [2.75, 3.05) is 40.5 Å². The van der Waals surface area contributed by atoms with E-state index in [2.05, 4.69) is 25.3 Å². The molecule has 3 unspecified atom stereocenters. The van der Waals surface area contributed by atoms with Gasteiger partial charge < -0.3 is 24.2 Å². The van der Waals surface area contributed by atoms with Crippen molar-refractivity contribution in [1.29, 1.82) is 0 Å². The fourth-order valence-corrected chi connectivity index (χ4v) is 4.66. The maximum Gasteiger partial charge on any atom is 0.315 e. The highest BCUT2D eigenvalue weighted by molar-refractivity contribution is 5.77. The molecule has 1 aliphatic rings. The summed E-state index contributed by atoms with van der Waals surface area (Å²) in [5.74, 6) is -0.716. The van der Waals surface area contributed by atoms with Crippen molar-refractivity contribution in [1.82, 2.24) is 4.90 Å². The Bertz CT molecular complexity index is 517. The standard InChI is InChI=1S/C22H41NO5/c1-9-10-11-20(4,15-22(6)27-12-13-28-22)18(24)21(5,19(25)26-8)16-23(7)14-17(2)3/h9,17-18,24H,1,10-16H2,2-8H3. The predicted molar refractivity (Wildman–Crippen MR) is 111 cm³/mol. The Morgan fingerprint density at radius 1 is 1.36 bits per heavy atom. The van der Waals surface area contributed by atoms with E-state index in [1.807, 2.05) is 27.0 Å². The van der Waals surface area contributed by atoms with Crippen LogP contribution in [0.4, 0.5) is 0 Å². The molecule has 0 aliphatic carbocycles. The SMILES string of the molecule is C=CCCC(C)(CC1(C)OCCO1)C(O)C(C)(CN(C)CC(C)C)C(=O)OC. The van der Waals surface area contributed by atoms with Crippen LogP contribution in [0.3, 0.4) is 0 Å². The van der Waals surface area contributed by atoms with E-state index in [4.69, 9.17) is 14.2 Å². The molecule has 164 valence electrons. The Morgan fingerprint density at radius 2 is 1.93 bits per heavy atom. The van der Waals surface area contributed by atoms with E-state index < -0.39 is 28.7 Å². The zero-order valence-corrected chi connectivity index (χ0v) is 18.9. The number of esters is 1. The fourth-order valence-electron chi connectivity index (χ4n) is 4.66. The highest BCUT2D eigenvalue weighted by atomic mass is 16.7. The third-order valence-corrected chi connectivity index (χ3v) is 5.73. The Labute approximate surface area is 171 Å². The van der Waals surface area contributed by atoms with Crippen LogP contribution in [-0.2, 0) is 19.0 Å². The van der Waals surface area contributed by atoms with Crippen LogP contribution >= 0.6 is 0 Å². The maximum absolute atomic E-state index is 12.8. The number of ether oxygens (including phenoxy) is 3. The predicted octanol–water partition coefficient (Wildman–Crippen LogP) is 3.24. The molecule has 1 fully saturated rings. The van der Waals surface area contributed by atoms with Gasteiger partial charge in [0.1, 0.15) is 5.41 Å². The van der Waals surface area contributed by atoms with Crippen LogP contribution in [-0.4, -0.2) is 68.3 Å². The normalized spacial score (nSPS) is 21.9. The maximum atomic E-state index is 12.8. The molecule has 0 aromatic rings. The Balaban J connectivity index is 3.21. The molecule has 1 N–H and O–H groups in total. The molecule has 0 aromatic heterocycles. The second-order valence-electron chi connectivity index (χ2n) is 9.39. The summed E-state index contributed by atoms with van der Waals surface area (Å²) < 4.78 is 16.8. The largest absolute Gasteiger partial charge is 0.468 e. The van der Waals surface area contributed by atoms with E-state index in [0.29, 0.717) is 38.5 Å². The van der Waals surface area contributed by atoms with Gasteiger partial charge in [-0.1, -0.05) is 26.8 Å². The summed E-state index contributed by atoms with van der Waals surface area (Å²) in [4.78, 5) is 14.9. The van der Waals surface area contributed by atoms with Crippen molar-refractivity contribution in [2.45, 2.75) is 65.8 Å². The minimum Gasteiger partial charge on any atom is -0.468 e. The molecule has 28 heavy (non-hydrogen) atoms. The smallest absolute Gasteiger partial charge is 0.315 e. The molecule has 0 saturated carbocycles. The lowest BCUT2D eigenvalue weighted by molar-refractivity contribution is -0.198. The number of carbonyl (C=O) groups excluding carboxylic acids is 1. The lowest BCUT2D eigenvalue weighted by Crippen LogP contribution is -2.56. The molecular formula is C22H41NO5. The van der Waals surface area contributed by atoms with Gasteiger partial charge in [-0.2, -0.15) is 0 Å². The van der Waals surface area contributed by atoms with Crippen LogP contribution in [0.2, 0.25) is 0 Å². The van der Waals surface area contributed by atoms with Gasteiger partial charge in [-0.3, -0.25) is 4.79 Å². The monoisotopic (exact) mass is 399 g/mol. The fraction of sp³-hybridized carbons (Fsp3) is 0.864. The van der Waals surface area contributed by atoms with Gasteiger partial charge in [-0.05, 0) is 39.7 Å². The van der Waals surface area contributed by atoms with Crippen molar-refractivity contribution in [3.63, 3.8) is 0 Å². The van der Waals surface area contributed by atoms with E-state index in [0.717, 1.165) is 13.0 Å². The highest BCUT2D eigenvalue weighted by Crippen LogP contribution is 2.46. The molecule has 0 spiro atoms. The number of hydrogen-bond acceptors (Lipinski definition) is 6. The molecule has 0 radical (unpaired) electrons. The van der Waals surface area contributed by atoms with Crippen LogP contribution in [0, 0.1) is 16.7 Å². The molecule has 0 aromatic carbocycles. The van der Waals surface area contributed by atoms with Gasteiger partial charge in [0.15, 0.2) is 5.79 Å². The van der Waals surface area contributed by atoms with E-state index in [1.54, 1.807) is 6.92 Å². The Hall–Kier alpha value is -0.950. The van der Waals surface area contributed by atoms with Crippen molar-refractivity contribution >= 4 is 5.97 Å². The summed E-state index contributed by atoms with van der Waals surface area (Å²) in [6.45, 7) is 16.1. The average Bonchev–Trinajstić information content (AvgIpc) is 3.03. The van der Waals surface area contributed by atoms with E-state index in [-0.39, 0.29) is 0 Å². The molecule has 0 bridgehead atoms. The van der Waals surface area contributed by atoms with Crippen molar-refractivity contribution in [3.05, 3.63) is 12.7 Å². The van der Waals surface area contributed by atoms with Crippen molar-refractivity contribution in [2.24, 2.45) is 16.7 Å². The van der Waals surface area contributed by atoms with Crippen molar-refractivity contribution < 1.29 is 24.1 Å². The van der Waals surface area contributed by atoms with Gasteiger partial charge in [-0.25, -0.2) is 0 Å². The zero-order valence-electron chi connectivity index (χ0n) is 18.9. The quantitative estimate of drug-likeness (QED) is 0.401. The lowest BCUT2D eigenvalue weighted by Gasteiger charge is -2.47. The summed E-state index contributed by atoms with van der Waals surface area (Å²) in [5, 5.41) is 11.6. The van der Waals surface area contributed by atoms with Gasteiger partial charge >= 0.3 is 5.97 Å². The van der Waals surface area contributed by atoms with Gasteiger partial charge in [0.2, 0.25) is 0 Å². The first-order chi connectivity index (χ1) is 12.9. The van der Waals surface area contributed by atoms with Gasteiger partial charge in [0.25, 0.3) is 0 Å². The minimum atomic E-state index is -1.08. The number of hydrogen-bond donors (Lipinski definition) is 1. The second kappa shape index (κ2) is 10.2. The molecular weight excluding hydrogens is 358 g/mol. The number of rotatable bonds is 12. The van der Waals surface area contributed by atoms with E-state index in [9.17, 15) is 9.90 Å². The van der Waals surface area contributed by atoms with Crippen LogP contribution in [0.15, 0.2) is 12.7 Å². The van der Waals surface area contributed by atoms with Crippen LogP contribution < -0.4 is 0 Å².